The van der Waals surface area contributed by atoms with Crippen LogP contribution in [0.5, 0.6) is 0 Å². The van der Waals surface area contributed by atoms with Gasteiger partial charge in [0.2, 0.25) is 23.0 Å². The number of rotatable bonds is 6. The largest absolute Gasteiger partial charge is 0.269 e. The molecule has 0 saturated carbocycles. The number of anilines is 2. The summed E-state index contributed by atoms with van der Waals surface area (Å²) in [6.07, 6.45) is 0. The molecule has 0 N–H and O–H groups in total. The highest BCUT2D eigenvalue weighted by Gasteiger charge is 2.32. The second-order valence-corrected chi connectivity index (χ2v) is 14.1. The maximum Gasteiger partial charge on any atom is 0.269 e. The Hall–Kier alpha value is -6.80. The molecule has 54 heavy (non-hydrogen) atoms. The van der Waals surface area contributed by atoms with Crippen molar-refractivity contribution in [1.82, 2.24) is 0 Å². The number of nitrogens with zero attached hydrogens (tertiary/aromatic N) is 8. The summed E-state index contributed by atoms with van der Waals surface area (Å²) in [5.74, 6) is 1.26. The summed E-state index contributed by atoms with van der Waals surface area (Å²) < 4.78 is 4.08. The molecule has 7 aromatic rings. The topological polar surface area (TPSA) is 61.9 Å². The van der Waals surface area contributed by atoms with Crippen molar-refractivity contribution in [3.05, 3.63) is 179 Å². The molecule has 0 amide bonds. The third kappa shape index (κ3) is 6.21. The van der Waals surface area contributed by atoms with Crippen molar-refractivity contribution >= 4 is 56.0 Å². The van der Waals surface area contributed by atoms with Crippen molar-refractivity contribution in [2.24, 2.45) is 20.4 Å². The van der Waals surface area contributed by atoms with Gasteiger partial charge in [-0.2, -0.15) is 0 Å². The lowest BCUT2D eigenvalue weighted by molar-refractivity contribution is -0.508. The molecule has 0 radical (unpaired) electrons. The first-order chi connectivity index (χ1) is 26.4. The number of benzene rings is 7. The standard InChI is InChI=1S/C46H40N8/c1-31-13-21-35(22-14-31)51-29-52(36-23-15-32(2)16-24-36)48-45(47-51)43-39-9-5-7-11-41(39)44(42-12-8-6-10-40(42)43)46-49-53(37-25-17-33(3)18-26-37)30-54(50-46)38-27-19-34(4)20-28-38/h5-28H,29-30H2,1-4H3/q+2. The number of hydrazone groups is 2. The van der Waals surface area contributed by atoms with Crippen LogP contribution in [0.15, 0.2) is 166 Å². The maximum atomic E-state index is 5.28. The molecule has 9 rings (SSSR count). The van der Waals surface area contributed by atoms with Crippen LogP contribution in [0.3, 0.4) is 0 Å². The number of azo groups is 4. The average molecular weight is 705 g/mol. The molecular formula is C46H40N8+2. The Kier molecular flexibility index (Phi) is 8.35. The minimum Gasteiger partial charge on any atom is -0.201 e. The van der Waals surface area contributed by atoms with Crippen LogP contribution in [0.4, 0.5) is 22.7 Å². The van der Waals surface area contributed by atoms with Gasteiger partial charge in [0.05, 0.1) is 11.4 Å². The lowest BCUT2D eigenvalue weighted by Crippen LogP contribution is -2.32. The van der Waals surface area contributed by atoms with E-state index in [4.69, 9.17) is 20.4 Å². The van der Waals surface area contributed by atoms with Gasteiger partial charge >= 0.3 is 0 Å². The van der Waals surface area contributed by atoms with Gasteiger partial charge in [-0.15, -0.1) is 10.2 Å². The molecule has 2 heterocycles. The minimum atomic E-state index is 0.475. The second kappa shape index (κ2) is 13.6. The number of fused-ring (bicyclic) bond motifs is 2. The maximum absolute atomic E-state index is 5.28. The van der Waals surface area contributed by atoms with Gasteiger partial charge in [-0.05, 0) is 73.5 Å². The van der Waals surface area contributed by atoms with Crippen molar-refractivity contribution in [3.63, 3.8) is 0 Å². The Morgan fingerprint density at radius 3 is 1.00 bits per heavy atom. The SMILES string of the molecule is Cc1ccc(N2C[N+](c3ccc(C)cc3)=NC(c3c4ccccc4c(C4=NN(c5ccc(C)cc5)C[N+](c5ccc(C)cc5)=N4)c4ccccc34)=N2)cc1. The molecule has 8 nitrogen and oxygen atoms in total. The molecule has 2 aliphatic heterocycles. The molecule has 0 bridgehead atoms. The van der Waals surface area contributed by atoms with Crippen molar-refractivity contribution in [2.75, 3.05) is 23.4 Å². The van der Waals surface area contributed by atoms with Crippen molar-refractivity contribution < 1.29 is 9.39 Å². The van der Waals surface area contributed by atoms with Crippen LogP contribution < -0.4 is 10.0 Å². The first kappa shape index (κ1) is 33.1. The Morgan fingerprint density at radius 1 is 0.389 bits per heavy atom. The van der Waals surface area contributed by atoms with Crippen molar-refractivity contribution in [2.45, 2.75) is 27.7 Å². The first-order valence-corrected chi connectivity index (χ1v) is 18.3. The molecule has 2 aliphatic rings. The number of hydrogen-bond donors (Lipinski definition) is 0. The van der Waals surface area contributed by atoms with Crippen LogP contribution in [-0.2, 0) is 0 Å². The van der Waals surface area contributed by atoms with Gasteiger partial charge in [-0.25, -0.2) is 10.0 Å². The van der Waals surface area contributed by atoms with Crippen LogP contribution >= 0.6 is 0 Å². The van der Waals surface area contributed by atoms with Gasteiger partial charge in [0.1, 0.15) is 0 Å². The first-order valence-electron chi connectivity index (χ1n) is 18.3. The molecule has 0 saturated heterocycles. The fourth-order valence-corrected chi connectivity index (χ4v) is 7.11. The normalized spacial score (nSPS) is 14.5. The zero-order valence-electron chi connectivity index (χ0n) is 30.8. The summed E-state index contributed by atoms with van der Waals surface area (Å²) in [4.78, 5) is 0. The Labute approximate surface area is 314 Å². The third-order valence-electron chi connectivity index (χ3n) is 10.1. The zero-order valence-corrected chi connectivity index (χ0v) is 30.8. The van der Waals surface area contributed by atoms with Gasteiger partial charge < -0.3 is 0 Å². The van der Waals surface area contributed by atoms with Crippen molar-refractivity contribution in [1.29, 1.82) is 0 Å². The van der Waals surface area contributed by atoms with E-state index < -0.39 is 0 Å². The molecule has 0 aliphatic carbocycles. The van der Waals surface area contributed by atoms with Crippen LogP contribution in [0.1, 0.15) is 33.4 Å². The summed E-state index contributed by atoms with van der Waals surface area (Å²) in [6.45, 7) is 9.36. The van der Waals surface area contributed by atoms with E-state index in [9.17, 15) is 0 Å². The molecule has 0 spiro atoms. The highest BCUT2D eigenvalue weighted by Crippen LogP contribution is 2.37. The molecule has 0 aromatic heterocycles. The molecule has 262 valence electrons. The van der Waals surface area contributed by atoms with Gasteiger partial charge in [-0.1, -0.05) is 129 Å². The van der Waals surface area contributed by atoms with Gasteiger partial charge in [0.15, 0.2) is 0 Å². The summed E-state index contributed by atoms with van der Waals surface area (Å²) in [5, 5.41) is 29.3. The van der Waals surface area contributed by atoms with Crippen LogP contribution in [0.25, 0.3) is 21.5 Å². The minimum absolute atomic E-state index is 0.475. The monoisotopic (exact) mass is 704 g/mol. The molecule has 0 unspecified atom stereocenters. The van der Waals surface area contributed by atoms with E-state index in [1.807, 2.05) is 19.4 Å². The lowest BCUT2D eigenvalue weighted by Gasteiger charge is -2.23. The fourth-order valence-electron chi connectivity index (χ4n) is 7.11. The van der Waals surface area contributed by atoms with Crippen LogP contribution in [-0.4, -0.2) is 34.4 Å². The zero-order chi connectivity index (χ0) is 36.8. The Morgan fingerprint density at radius 2 is 0.685 bits per heavy atom. The summed E-state index contributed by atoms with van der Waals surface area (Å²) in [6, 6.07) is 51.0. The molecular weight excluding hydrogens is 665 g/mol. The summed E-state index contributed by atoms with van der Waals surface area (Å²) in [7, 11) is 0. The smallest absolute Gasteiger partial charge is 0.201 e. The number of aryl methyl sites for hydroxylation is 4. The average Bonchev–Trinajstić information content (AvgIpc) is 3.20. The quantitative estimate of drug-likeness (QED) is 0.128. The highest BCUT2D eigenvalue weighted by atomic mass is 15.6. The van der Waals surface area contributed by atoms with Crippen LogP contribution in [0, 0.1) is 27.7 Å². The molecule has 8 heteroatoms. The summed E-state index contributed by atoms with van der Waals surface area (Å²) >= 11 is 0. The molecule has 0 fully saturated rings. The third-order valence-corrected chi connectivity index (χ3v) is 10.1. The second-order valence-electron chi connectivity index (χ2n) is 14.1. The summed E-state index contributed by atoms with van der Waals surface area (Å²) in [5.41, 5.74) is 10.7. The van der Waals surface area contributed by atoms with E-state index in [2.05, 4.69) is 173 Å². The molecule has 0 atom stereocenters. The number of hydrogen-bond acceptors (Lipinski definition) is 6. The van der Waals surface area contributed by atoms with Crippen LogP contribution in [0.2, 0.25) is 0 Å². The van der Waals surface area contributed by atoms with Gasteiger partial charge in [-0.3, -0.25) is 0 Å². The van der Waals surface area contributed by atoms with E-state index in [-0.39, 0.29) is 0 Å². The predicted octanol–water partition coefficient (Wildman–Crippen LogP) is 11.1. The Balaban J connectivity index is 1.28. The predicted molar refractivity (Wildman–Crippen MR) is 219 cm³/mol. The fraction of sp³-hybridized carbons (Fsp3) is 0.130. The Bertz CT molecular complexity index is 2430. The molecule has 7 aromatic carbocycles. The van der Waals surface area contributed by atoms with E-state index in [1.165, 1.54) is 22.3 Å². The number of amidine groups is 2. The van der Waals surface area contributed by atoms with E-state index >= 15 is 0 Å². The van der Waals surface area contributed by atoms with E-state index in [0.717, 1.165) is 55.4 Å². The van der Waals surface area contributed by atoms with Gasteiger partial charge in [0.25, 0.3) is 13.3 Å². The highest BCUT2D eigenvalue weighted by molar-refractivity contribution is 6.28. The van der Waals surface area contributed by atoms with E-state index in [1.54, 1.807) is 0 Å². The van der Waals surface area contributed by atoms with Gasteiger partial charge in [0, 0.05) is 45.6 Å². The lowest BCUT2D eigenvalue weighted by atomic mass is 9.90. The van der Waals surface area contributed by atoms with E-state index in [0.29, 0.717) is 25.0 Å². The van der Waals surface area contributed by atoms with Crippen molar-refractivity contribution in [3.8, 4) is 0 Å².